The number of aryl methyl sites for hydroxylation is 1. The fourth-order valence-corrected chi connectivity index (χ4v) is 4.19. The minimum Gasteiger partial charge on any atom is -0.435 e. The van der Waals surface area contributed by atoms with Gasteiger partial charge >= 0.3 is 6.61 Å². The molecule has 0 atom stereocenters. The number of halogens is 3. The first-order valence-electron chi connectivity index (χ1n) is 10.4. The van der Waals surface area contributed by atoms with Crippen molar-refractivity contribution < 1.29 is 27.8 Å². The Kier molecular flexibility index (Phi) is 6.45. The second kappa shape index (κ2) is 8.57. The van der Waals surface area contributed by atoms with Crippen LogP contribution in [0.25, 0.3) is 11.0 Å². The van der Waals surface area contributed by atoms with Crippen molar-refractivity contribution in [2.75, 3.05) is 0 Å². The van der Waals surface area contributed by atoms with Crippen molar-refractivity contribution in [3.8, 4) is 5.75 Å². The van der Waals surface area contributed by atoms with E-state index in [1.54, 1.807) is 13.8 Å². The Labute approximate surface area is 174 Å². The highest BCUT2D eigenvalue weighted by atomic mass is 19.3. The Balaban J connectivity index is 1.81. The van der Waals surface area contributed by atoms with E-state index >= 15 is 0 Å². The molecule has 2 aromatic rings. The van der Waals surface area contributed by atoms with Gasteiger partial charge in [-0.05, 0) is 52.9 Å². The maximum atomic E-state index is 14.6. The number of Topliss-reactive ketones (excluding diaryl/α,β-unsaturated/α-hetero) is 1. The minimum atomic E-state index is -3.03. The maximum Gasteiger partial charge on any atom is 0.387 e. The monoisotopic (exact) mass is 426 g/mol. The van der Waals surface area contributed by atoms with Crippen LogP contribution >= 0.6 is 0 Å². The van der Waals surface area contributed by atoms with Gasteiger partial charge in [-0.1, -0.05) is 0 Å². The summed E-state index contributed by atoms with van der Waals surface area (Å²) in [6.07, 6.45) is 5.18. The highest BCUT2D eigenvalue weighted by Gasteiger charge is 2.37. The summed E-state index contributed by atoms with van der Waals surface area (Å²) in [6.45, 7) is 2.24. The predicted molar refractivity (Wildman–Crippen MR) is 107 cm³/mol. The number of alkyl halides is 2. The van der Waals surface area contributed by atoms with Crippen LogP contribution in [0.3, 0.4) is 0 Å². The van der Waals surface area contributed by atoms with Crippen molar-refractivity contribution >= 4 is 16.8 Å². The van der Waals surface area contributed by atoms with E-state index in [4.69, 9.17) is 0 Å². The first-order chi connectivity index (χ1) is 14.0. The van der Waals surface area contributed by atoms with E-state index in [0.717, 1.165) is 25.3 Å². The zero-order valence-corrected chi connectivity index (χ0v) is 17.7. The topological polar surface area (TPSA) is 64.3 Å². The lowest BCUT2D eigenvalue weighted by molar-refractivity contribution is -0.122. The average molecular weight is 426 g/mol. The van der Waals surface area contributed by atoms with Crippen molar-refractivity contribution in [1.82, 2.24) is 9.55 Å². The largest absolute Gasteiger partial charge is 0.435 e. The van der Waals surface area contributed by atoms with E-state index in [9.17, 15) is 23.1 Å². The molecule has 0 bridgehead atoms. The lowest BCUT2D eigenvalue weighted by Gasteiger charge is -2.41. The molecular formula is C22H29F3N2O3. The van der Waals surface area contributed by atoms with Crippen molar-refractivity contribution in [3.63, 3.8) is 0 Å². The quantitative estimate of drug-likeness (QED) is 0.536. The molecule has 1 fully saturated rings. The molecule has 8 heteroatoms. The molecule has 3 rings (SSSR count). The van der Waals surface area contributed by atoms with Crippen LogP contribution in [0.4, 0.5) is 13.2 Å². The van der Waals surface area contributed by atoms with E-state index in [2.05, 4.69) is 16.6 Å². The third kappa shape index (κ3) is 5.14. The zero-order valence-electron chi connectivity index (χ0n) is 17.7. The summed E-state index contributed by atoms with van der Waals surface area (Å²) in [5, 5.41) is 9.74. The van der Waals surface area contributed by atoms with Crippen molar-refractivity contribution in [3.05, 3.63) is 23.8 Å². The van der Waals surface area contributed by atoms with Crippen LogP contribution < -0.4 is 4.74 Å². The molecule has 1 heterocycles. The number of carbonyl (C=O) groups is 1. The molecule has 166 valence electrons. The number of benzene rings is 1. The number of unbranched alkanes of at least 4 members (excludes halogenated alkanes) is 1. The Bertz CT molecular complexity index is 914. The minimum absolute atomic E-state index is 0.00166. The third-order valence-corrected chi connectivity index (χ3v) is 5.69. The SMILES string of the molecule is CC(C)(O)CC(=O)CCCCc1nc2c(F)cc(OC(F)F)cc2n1C1(C)CCC1. The third-order valence-electron chi connectivity index (χ3n) is 5.69. The van der Waals surface area contributed by atoms with Gasteiger partial charge in [-0.15, -0.1) is 0 Å². The molecule has 1 N–H and O–H groups in total. The number of hydrogen-bond donors (Lipinski definition) is 1. The van der Waals surface area contributed by atoms with Crippen LogP contribution in [0.15, 0.2) is 12.1 Å². The van der Waals surface area contributed by atoms with Crippen LogP contribution in [0.2, 0.25) is 0 Å². The molecule has 1 aromatic carbocycles. The van der Waals surface area contributed by atoms with E-state index < -0.39 is 18.0 Å². The average Bonchev–Trinajstić information content (AvgIpc) is 2.94. The molecule has 1 aliphatic carbocycles. The summed E-state index contributed by atoms with van der Waals surface area (Å²) in [5.41, 5.74) is -0.644. The molecule has 0 amide bonds. The summed E-state index contributed by atoms with van der Waals surface area (Å²) in [6, 6.07) is 2.37. The van der Waals surface area contributed by atoms with Crippen molar-refractivity contribution in [1.29, 1.82) is 0 Å². The van der Waals surface area contributed by atoms with Crippen LogP contribution in [-0.2, 0) is 16.8 Å². The number of carbonyl (C=O) groups excluding carboxylic acids is 1. The van der Waals surface area contributed by atoms with Gasteiger partial charge < -0.3 is 14.4 Å². The molecule has 30 heavy (non-hydrogen) atoms. The highest BCUT2D eigenvalue weighted by molar-refractivity contribution is 5.80. The number of fused-ring (bicyclic) bond motifs is 1. The second-order valence-electron chi connectivity index (χ2n) is 9.10. The molecule has 1 aromatic heterocycles. The summed E-state index contributed by atoms with van der Waals surface area (Å²) in [5.74, 6) is -0.216. The normalized spacial score (nSPS) is 16.1. The smallest absolute Gasteiger partial charge is 0.387 e. The fraction of sp³-hybridized carbons (Fsp3) is 0.636. The van der Waals surface area contributed by atoms with Gasteiger partial charge in [0.2, 0.25) is 0 Å². The van der Waals surface area contributed by atoms with E-state index in [0.29, 0.717) is 37.0 Å². The van der Waals surface area contributed by atoms with Gasteiger partial charge in [-0.25, -0.2) is 9.37 Å². The van der Waals surface area contributed by atoms with Crippen LogP contribution in [0, 0.1) is 5.82 Å². The number of aliphatic hydroxyl groups is 1. The van der Waals surface area contributed by atoms with Crippen LogP contribution in [-0.4, -0.2) is 32.7 Å². The van der Waals surface area contributed by atoms with Gasteiger partial charge in [-0.2, -0.15) is 8.78 Å². The van der Waals surface area contributed by atoms with E-state index in [1.165, 1.54) is 6.07 Å². The zero-order chi connectivity index (χ0) is 22.1. The number of hydrogen-bond acceptors (Lipinski definition) is 4. The second-order valence-corrected chi connectivity index (χ2v) is 9.10. The summed E-state index contributed by atoms with van der Waals surface area (Å²) < 4.78 is 46.2. The van der Waals surface area contributed by atoms with Gasteiger partial charge in [0.1, 0.15) is 22.9 Å². The van der Waals surface area contributed by atoms with E-state index in [-0.39, 0.29) is 29.0 Å². The fourth-order valence-electron chi connectivity index (χ4n) is 4.19. The molecule has 0 unspecified atom stereocenters. The standard InChI is InChI=1S/C22H29F3N2O3/c1-21(2,29)13-14(28)7-4-5-8-18-26-19-16(23)11-15(30-20(24)25)12-17(19)27(18)22(3)9-6-10-22/h11-12,20,29H,4-10,13H2,1-3H3. The highest BCUT2D eigenvalue weighted by Crippen LogP contribution is 2.43. The summed E-state index contributed by atoms with van der Waals surface area (Å²) in [4.78, 5) is 16.4. The molecule has 0 spiro atoms. The Morgan fingerprint density at radius 2 is 2.03 bits per heavy atom. The van der Waals surface area contributed by atoms with Crippen LogP contribution in [0.1, 0.15) is 71.5 Å². The predicted octanol–water partition coefficient (Wildman–Crippen LogP) is 5.12. The number of aromatic nitrogens is 2. The van der Waals surface area contributed by atoms with Gasteiger partial charge in [-0.3, -0.25) is 4.79 Å². The first kappa shape index (κ1) is 22.6. The lowest BCUT2D eigenvalue weighted by Crippen LogP contribution is -2.38. The summed E-state index contributed by atoms with van der Waals surface area (Å²) in [7, 11) is 0. The van der Waals surface area contributed by atoms with Gasteiger partial charge in [0, 0.05) is 36.9 Å². The Hall–Kier alpha value is -2.09. The maximum absolute atomic E-state index is 14.6. The Morgan fingerprint density at radius 3 is 2.60 bits per heavy atom. The van der Waals surface area contributed by atoms with Gasteiger partial charge in [0.25, 0.3) is 0 Å². The summed E-state index contributed by atoms with van der Waals surface area (Å²) >= 11 is 0. The molecule has 5 nitrogen and oxygen atoms in total. The Morgan fingerprint density at radius 1 is 1.33 bits per heavy atom. The molecule has 0 radical (unpaired) electrons. The van der Waals surface area contributed by atoms with Crippen molar-refractivity contribution in [2.24, 2.45) is 0 Å². The molecule has 0 aliphatic heterocycles. The number of imidazole rings is 1. The number of ether oxygens (including phenoxy) is 1. The number of rotatable bonds is 10. The molecular weight excluding hydrogens is 397 g/mol. The van der Waals surface area contributed by atoms with Crippen molar-refractivity contribution in [2.45, 2.75) is 89.9 Å². The number of nitrogens with zero attached hydrogens (tertiary/aromatic N) is 2. The van der Waals surface area contributed by atoms with Gasteiger partial charge in [0.05, 0.1) is 11.1 Å². The molecule has 1 saturated carbocycles. The lowest BCUT2D eigenvalue weighted by atomic mass is 9.78. The van der Waals surface area contributed by atoms with E-state index in [1.807, 2.05) is 4.57 Å². The first-order valence-corrected chi connectivity index (χ1v) is 10.4. The van der Waals surface area contributed by atoms with Crippen LogP contribution in [0.5, 0.6) is 5.75 Å². The molecule has 1 aliphatic rings. The van der Waals surface area contributed by atoms with Gasteiger partial charge in [0.15, 0.2) is 5.82 Å². The number of ketones is 1. The molecule has 0 saturated heterocycles.